The molecule has 0 bridgehead atoms. The maximum atomic E-state index is 11.9. The second-order valence-electron chi connectivity index (χ2n) is 3.64. The summed E-state index contributed by atoms with van der Waals surface area (Å²) in [6.45, 7) is 0. The predicted molar refractivity (Wildman–Crippen MR) is 71.1 cm³/mol. The highest BCUT2D eigenvalue weighted by atomic mass is 16.2. The fraction of sp³-hybridized carbons (Fsp3) is 0. The number of aromatic nitrogens is 2. The van der Waals surface area contributed by atoms with Crippen molar-refractivity contribution in [2.24, 2.45) is 0 Å². The van der Waals surface area contributed by atoms with Gasteiger partial charge in [0.15, 0.2) is 6.29 Å². The van der Waals surface area contributed by atoms with Crippen LogP contribution in [0.3, 0.4) is 0 Å². The number of nitrogens with zero attached hydrogens (tertiary/aromatic N) is 2. The molecule has 0 aromatic carbocycles. The molecule has 0 unspecified atom stereocenters. The number of amides is 1. The maximum absolute atomic E-state index is 11.9. The molecule has 2 aromatic rings. The Balaban J connectivity index is 2.16. The molecule has 0 fully saturated rings. The quantitative estimate of drug-likeness (QED) is 0.389. The van der Waals surface area contributed by atoms with Crippen LogP contribution in [0.1, 0.15) is 5.69 Å². The lowest BCUT2D eigenvalue weighted by Crippen LogP contribution is -2.16. The Morgan fingerprint density at radius 2 is 1.79 bits per heavy atom. The first-order valence-electron chi connectivity index (χ1n) is 5.60. The fourth-order valence-electron chi connectivity index (χ4n) is 1.40. The first-order chi connectivity index (χ1) is 9.29. The van der Waals surface area contributed by atoms with Gasteiger partial charge in [-0.1, -0.05) is 12.1 Å². The van der Waals surface area contributed by atoms with Crippen molar-refractivity contribution in [3.63, 3.8) is 0 Å². The van der Waals surface area contributed by atoms with Crippen LogP contribution in [0.4, 0.5) is 5.82 Å². The summed E-state index contributed by atoms with van der Waals surface area (Å²) in [5.74, 6) is -0.124. The maximum Gasteiger partial charge on any atom is 0.260 e. The van der Waals surface area contributed by atoms with Crippen molar-refractivity contribution >= 4 is 24.1 Å². The van der Waals surface area contributed by atoms with Crippen molar-refractivity contribution in [2.75, 3.05) is 5.32 Å². The Bertz CT molecular complexity index is 595. The van der Waals surface area contributed by atoms with Gasteiger partial charge in [0.25, 0.3) is 5.91 Å². The van der Waals surface area contributed by atoms with Crippen LogP contribution in [0.15, 0.2) is 54.4 Å². The normalized spacial score (nSPS) is 10.8. The standard InChI is InChI=1S/C14H11N3O2/c18-10-11(9-12-5-1-3-7-15-12)14(19)17-13-6-2-4-8-16-13/h1-10H,(H,16,17,19). The second-order valence-corrected chi connectivity index (χ2v) is 3.64. The fourth-order valence-corrected chi connectivity index (χ4v) is 1.40. The van der Waals surface area contributed by atoms with E-state index < -0.39 is 5.91 Å². The Kier molecular flexibility index (Phi) is 4.12. The van der Waals surface area contributed by atoms with Crippen LogP contribution in [0.2, 0.25) is 0 Å². The van der Waals surface area contributed by atoms with Crippen molar-refractivity contribution in [1.29, 1.82) is 0 Å². The van der Waals surface area contributed by atoms with Crippen LogP contribution >= 0.6 is 0 Å². The molecule has 2 heterocycles. The number of aldehydes is 1. The van der Waals surface area contributed by atoms with E-state index in [4.69, 9.17) is 0 Å². The van der Waals surface area contributed by atoms with E-state index in [0.717, 1.165) is 0 Å². The van der Waals surface area contributed by atoms with Crippen molar-refractivity contribution in [3.8, 4) is 0 Å². The van der Waals surface area contributed by atoms with E-state index >= 15 is 0 Å². The molecule has 94 valence electrons. The molecule has 2 aromatic heterocycles. The minimum Gasteiger partial charge on any atom is -0.306 e. The third kappa shape index (κ3) is 3.57. The van der Waals surface area contributed by atoms with Crippen LogP contribution < -0.4 is 5.32 Å². The van der Waals surface area contributed by atoms with Crippen LogP contribution in [-0.2, 0) is 9.59 Å². The summed E-state index contributed by atoms with van der Waals surface area (Å²) < 4.78 is 0. The molecule has 0 aliphatic carbocycles. The molecule has 2 rings (SSSR count). The van der Waals surface area contributed by atoms with Gasteiger partial charge in [-0.25, -0.2) is 4.98 Å². The molecular formula is C14H11N3O2. The summed E-state index contributed by atoms with van der Waals surface area (Å²) in [5, 5.41) is 2.54. The number of carbonyl (C=O) groups excluding carboxylic acids is 2. The molecule has 5 nitrogen and oxygen atoms in total. The number of rotatable bonds is 4. The largest absolute Gasteiger partial charge is 0.306 e. The topological polar surface area (TPSA) is 72.0 Å². The number of nitrogens with one attached hydrogen (secondary N) is 1. The van der Waals surface area contributed by atoms with Gasteiger partial charge in [-0.15, -0.1) is 0 Å². The van der Waals surface area contributed by atoms with Crippen molar-refractivity contribution < 1.29 is 9.59 Å². The minimum absolute atomic E-state index is 0.00986. The zero-order valence-electron chi connectivity index (χ0n) is 9.98. The molecule has 0 aliphatic heterocycles. The van der Waals surface area contributed by atoms with E-state index in [2.05, 4.69) is 15.3 Å². The number of pyridine rings is 2. The van der Waals surface area contributed by atoms with Crippen molar-refractivity contribution in [3.05, 3.63) is 60.1 Å². The summed E-state index contributed by atoms with van der Waals surface area (Å²) in [6.07, 6.45) is 5.06. The average molecular weight is 253 g/mol. The summed E-state index contributed by atoms with van der Waals surface area (Å²) in [7, 11) is 0. The lowest BCUT2D eigenvalue weighted by molar-refractivity contribution is -0.115. The molecule has 1 amide bonds. The van der Waals surface area contributed by atoms with Gasteiger partial charge in [-0.2, -0.15) is 0 Å². The highest BCUT2D eigenvalue weighted by Crippen LogP contribution is 2.06. The first-order valence-corrected chi connectivity index (χ1v) is 5.60. The number of carbonyl (C=O) groups is 2. The lowest BCUT2D eigenvalue weighted by atomic mass is 10.2. The molecule has 0 spiro atoms. The van der Waals surface area contributed by atoms with Gasteiger partial charge >= 0.3 is 0 Å². The van der Waals surface area contributed by atoms with Crippen LogP contribution in [0.25, 0.3) is 6.08 Å². The monoisotopic (exact) mass is 253 g/mol. The van der Waals surface area contributed by atoms with E-state index in [9.17, 15) is 9.59 Å². The molecular weight excluding hydrogens is 242 g/mol. The highest BCUT2D eigenvalue weighted by Gasteiger charge is 2.09. The summed E-state index contributed by atoms with van der Waals surface area (Å²) in [4.78, 5) is 30.8. The Labute approximate surface area is 110 Å². The van der Waals surface area contributed by atoms with E-state index in [-0.39, 0.29) is 5.57 Å². The van der Waals surface area contributed by atoms with Crippen LogP contribution in [-0.4, -0.2) is 22.2 Å². The zero-order chi connectivity index (χ0) is 13.5. The van der Waals surface area contributed by atoms with Gasteiger partial charge in [-0.05, 0) is 30.3 Å². The molecule has 5 heteroatoms. The van der Waals surface area contributed by atoms with Gasteiger partial charge in [0, 0.05) is 12.4 Å². The van der Waals surface area contributed by atoms with Crippen molar-refractivity contribution in [1.82, 2.24) is 9.97 Å². The molecule has 0 radical (unpaired) electrons. The van der Waals surface area contributed by atoms with Crippen LogP contribution in [0.5, 0.6) is 0 Å². The second kappa shape index (κ2) is 6.20. The SMILES string of the molecule is O=CC(=Cc1ccccn1)C(=O)Nc1ccccn1. The third-order valence-electron chi connectivity index (χ3n) is 2.29. The number of hydrogen-bond acceptors (Lipinski definition) is 4. The Hall–Kier alpha value is -2.82. The molecule has 19 heavy (non-hydrogen) atoms. The lowest BCUT2D eigenvalue weighted by Gasteiger charge is -2.03. The first kappa shape index (κ1) is 12.6. The average Bonchev–Trinajstić information content (AvgIpc) is 2.47. The molecule has 0 aliphatic rings. The smallest absolute Gasteiger partial charge is 0.260 e. The summed E-state index contributed by atoms with van der Waals surface area (Å²) in [6, 6.07) is 10.4. The Morgan fingerprint density at radius 3 is 2.37 bits per heavy atom. The number of hydrogen-bond donors (Lipinski definition) is 1. The summed E-state index contributed by atoms with van der Waals surface area (Å²) >= 11 is 0. The molecule has 0 atom stereocenters. The van der Waals surface area contributed by atoms with E-state index in [1.807, 2.05) is 0 Å². The zero-order valence-corrected chi connectivity index (χ0v) is 9.98. The summed E-state index contributed by atoms with van der Waals surface area (Å²) in [5.41, 5.74) is 0.533. The Morgan fingerprint density at radius 1 is 1.05 bits per heavy atom. The third-order valence-corrected chi connectivity index (χ3v) is 2.29. The van der Waals surface area contributed by atoms with Crippen molar-refractivity contribution in [2.45, 2.75) is 0 Å². The van der Waals surface area contributed by atoms with E-state index in [0.29, 0.717) is 17.8 Å². The van der Waals surface area contributed by atoms with E-state index in [1.165, 1.54) is 6.08 Å². The van der Waals surface area contributed by atoms with E-state index in [1.54, 1.807) is 48.8 Å². The van der Waals surface area contributed by atoms with Crippen LogP contribution in [0, 0.1) is 0 Å². The molecule has 0 saturated heterocycles. The van der Waals surface area contributed by atoms with Gasteiger partial charge in [0.1, 0.15) is 5.82 Å². The minimum atomic E-state index is -0.514. The highest BCUT2D eigenvalue weighted by molar-refractivity contribution is 6.19. The number of anilines is 1. The predicted octanol–water partition coefficient (Wildman–Crippen LogP) is 1.70. The van der Waals surface area contributed by atoms with Gasteiger partial charge in [0.2, 0.25) is 0 Å². The van der Waals surface area contributed by atoms with Gasteiger partial charge in [-0.3, -0.25) is 14.6 Å². The molecule has 0 saturated carbocycles. The van der Waals surface area contributed by atoms with Gasteiger partial charge in [0.05, 0.1) is 11.3 Å². The van der Waals surface area contributed by atoms with Gasteiger partial charge < -0.3 is 5.32 Å². The molecule has 1 N–H and O–H groups in total.